The standard InChI is InChI=1S/C22H27N3O5S/c1-15(2)23-21(26)18-14-16(10-11-20(18)30-3)31(28,29)24-19-9-5-4-8-17(19)22(27)25-12-6-7-13-25/h4-5,8-11,14-15,24H,6-7,12-13H2,1-3H3,(H,23,26). The van der Waals surface area contributed by atoms with Crippen molar-refractivity contribution in [3.8, 4) is 5.75 Å². The summed E-state index contributed by atoms with van der Waals surface area (Å²) >= 11 is 0. The average molecular weight is 446 g/mol. The van der Waals surface area contributed by atoms with Crippen LogP contribution in [0.25, 0.3) is 0 Å². The van der Waals surface area contributed by atoms with Crippen LogP contribution in [0.2, 0.25) is 0 Å². The molecule has 8 nitrogen and oxygen atoms in total. The van der Waals surface area contributed by atoms with Crippen molar-refractivity contribution in [2.75, 3.05) is 24.9 Å². The predicted molar refractivity (Wildman–Crippen MR) is 118 cm³/mol. The molecule has 2 aromatic carbocycles. The summed E-state index contributed by atoms with van der Waals surface area (Å²) in [6.07, 6.45) is 1.87. The molecule has 0 radical (unpaired) electrons. The zero-order chi connectivity index (χ0) is 22.6. The van der Waals surface area contributed by atoms with Crippen molar-refractivity contribution in [2.45, 2.75) is 37.6 Å². The van der Waals surface area contributed by atoms with E-state index in [-0.39, 0.29) is 33.8 Å². The van der Waals surface area contributed by atoms with Crippen LogP contribution in [0, 0.1) is 0 Å². The van der Waals surface area contributed by atoms with Crippen LogP contribution in [0.4, 0.5) is 5.69 Å². The van der Waals surface area contributed by atoms with Gasteiger partial charge in [0, 0.05) is 19.1 Å². The highest BCUT2D eigenvalue weighted by Gasteiger charge is 2.25. The van der Waals surface area contributed by atoms with Gasteiger partial charge in [-0.3, -0.25) is 14.3 Å². The van der Waals surface area contributed by atoms with Gasteiger partial charge in [0.15, 0.2) is 0 Å². The Hall–Kier alpha value is -3.07. The highest BCUT2D eigenvalue weighted by molar-refractivity contribution is 7.92. The highest BCUT2D eigenvalue weighted by Crippen LogP contribution is 2.26. The number of anilines is 1. The van der Waals surface area contributed by atoms with Gasteiger partial charge >= 0.3 is 0 Å². The van der Waals surface area contributed by atoms with E-state index in [2.05, 4.69) is 10.0 Å². The summed E-state index contributed by atoms with van der Waals surface area (Å²) in [4.78, 5) is 27.0. The molecule has 0 atom stereocenters. The second-order valence-electron chi connectivity index (χ2n) is 7.64. The fraction of sp³-hybridized carbons (Fsp3) is 0.364. The summed E-state index contributed by atoms with van der Waals surface area (Å²) in [7, 11) is -2.65. The van der Waals surface area contributed by atoms with Gasteiger partial charge in [-0.05, 0) is 57.0 Å². The molecule has 2 aromatic rings. The number of benzene rings is 2. The molecule has 1 aliphatic rings. The molecule has 0 spiro atoms. The van der Waals surface area contributed by atoms with Gasteiger partial charge in [0.05, 0.1) is 28.8 Å². The maximum atomic E-state index is 13.1. The zero-order valence-corrected chi connectivity index (χ0v) is 18.7. The molecule has 0 aromatic heterocycles. The molecule has 1 saturated heterocycles. The van der Waals surface area contributed by atoms with Crippen molar-refractivity contribution in [3.63, 3.8) is 0 Å². The largest absolute Gasteiger partial charge is 0.496 e. The Morgan fingerprint density at radius 1 is 1.03 bits per heavy atom. The topological polar surface area (TPSA) is 105 Å². The molecule has 2 N–H and O–H groups in total. The Morgan fingerprint density at radius 3 is 2.35 bits per heavy atom. The van der Waals surface area contributed by atoms with Crippen LogP contribution in [0.5, 0.6) is 5.75 Å². The molecule has 3 rings (SSSR count). The van der Waals surface area contributed by atoms with E-state index in [0.29, 0.717) is 18.7 Å². The van der Waals surface area contributed by atoms with Gasteiger partial charge in [0.2, 0.25) is 0 Å². The lowest BCUT2D eigenvalue weighted by molar-refractivity contribution is 0.0793. The van der Waals surface area contributed by atoms with Gasteiger partial charge in [-0.15, -0.1) is 0 Å². The molecular formula is C22H27N3O5S. The Balaban J connectivity index is 1.93. The van der Waals surface area contributed by atoms with Gasteiger partial charge < -0.3 is 15.0 Å². The zero-order valence-electron chi connectivity index (χ0n) is 17.8. The first kappa shape index (κ1) is 22.6. The number of amides is 2. The van der Waals surface area contributed by atoms with Crippen LogP contribution in [-0.2, 0) is 10.0 Å². The van der Waals surface area contributed by atoms with E-state index in [1.165, 1.54) is 25.3 Å². The first-order chi connectivity index (χ1) is 14.7. The first-order valence-corrected chi connectivity index (χ1v) is 11.6. The van der Waals surface area contributed by atoms with E-state index in [1.807, 2.05) is 0 Å². The number of likely N-dealkylation sites (tertiary alicyclic amines) is 1. The fourth-order valence-corrected chi connectivity index (χ4v) is 4.53. The summed E-state index contributed by atoms with van der Waals surface area (Å²) in [5.41, 5.74) is 0.600. The lowest BCUT2D eigenvalue weighted by Gasteiger charge is -2.18. The average Bonchev–Trinajstić information content (AvgIpc) is 3.27. The molecule has 31 heavy (non-hydrogen) atoms. The van der Waals surface area contributed by atoms with Crippen molar-refractivity contribution in [2.24, 2.45) is 0 Å². The van der Waals surface area contributed by atoms with E-state index >= 15 is 0 Å². The van der Waals surface area contributed by atoms with E-state index in [4.69, 9.17) is 4.74 Å². The van der Waals surface area contributed by atoms with Crippen LogP contribution < -0.4 is 14.8 Å². The van der Waals surface area contributed by atoms with Gasteiger partial charge in [-0.1, -0.05) is 12.1 Å². The number of hydrogen-bond donors (Lipinski definition) is 2. The van der Waals surface area contributed by atoms with E-state index in [0.717, 1.165) is 12.8 Å². The molecule has 2 amide bonds. The van der Waals surface area contributed by atoms with Gasteiger partial charge in [-0.2, -0.15) is 0 Å². The molecule has 1 fully saturated rings. The van der Waals surface area contributed by atoms with Crippen molar-refractivity contribution >= 4 is 27.5 Å². The summed E-state index contributed by atoms with van der Waals surface area (Å²) < 4.78 is 33.9. The smallest absolute Gasteiger partial charge is 0.261 e. The summed E-state index contributed by atoms with van der Waals surface area (Å²) in [5, 5.41) is 2.73. The molecule has 9 heteroatoms. The molecule has 0 bridgehead atoms. The minimum Gasteiger partial charge on any atom is -0.496 e. The molecule has 166 valence electrons. The lowest BCUT2D eigenvalue weighted by atomic mass is 10.1. The second kappa shape index (κ2) is 9.38. The van der Waals surface area contributed by atoms with Crippen molar-refractivity contribution in [3.05, 3.63) is 53.6 Å². The Kier molecular flexibility index (Phi) is 6.84. The monoisotopic (exact) mass is 445 g/mol. The van der Waals surface area contributed by atoms with Gasteiger partial charge in [-0.25, -0.2) is 8.42 Å². The predicted octanol–water partition coefficient (Wildman–Crippen LogP) is 2.87. The minimum atomic E-state index is -4.06. The third-order valence-electron chi connectivity index (χ3n) is 4.94. The SMILES string of the molecule is COc1ccc(S(=O)(=O)Nc2ccccc2C(=O)N2CCCC2)cc1C(=O)NC(C)C. The maximum absolute atomic E-state index is 13.1. The van der Waals surface area contributed by atoms with Crippen molar-refractivity contribution in [1.29, 1.82) is 0 Å². The number of nitrogens with zero attached hydrogens (tertiary/aromatic N) is 1. The van der Waals surface area contributed by atoms with E-state index < -0.39 is 15.9 Å². The number of carbonyl (C=O) groups is 2. The van der Waals surface area contributed by atoms with Crippen LogP contribution in [-0.4, -0.2) is 51.4 Å². The fourth-order valence-electron chi connectivity index (χ4n) is 3.42. The van der Waals surface area contributed by atoms with Crippen LogP contribution in [0.15, 0.2) is 47.4 Å². The number of para-hydroxylation sites is 1. The summed E-state index contributed by atoms with van der Waals surface area (Å²) in [6.45, 7) is 4.93. The Labute approximate surface area is 182 Å². The number of carbonyl (C=O) groups excluding carboxylic acids is 2. The summed E-state index contributed by atoms with van der Waals surface area (Å²) in [5.74, 6) is -0.377. The van der Waals surface area contributed by atoms with Crippen molar-refractivity contribution in [1.82, 2.24) is 10.2 Å². The Morgan fingerprint density at radius 2 is 1.71 bits per heavy atom. The minimum absolute atomic E-state index is 0.106. The number of rotatable bonds is 7. The molecular weight excluding hydrogens is 418 g/mol. The molecule has 1 heterocycles. The Bertz CT molecular complexity index is 1080. The van der Waals surface area contributed by atoms with E-state index in [1.54, 1.807) is 43.0 Å². The molecule has 0 saturated carbocycles. The van der Waals surface area contributed by atoms with Gasteiger partial charge in [0.25, 0.3) is 21.8 Å². The van der Waals surface area contributed by atoms with Crippen molar-refractivity contribution < 1.29 is 22.7 Å². The maximum Gasteiger partial charge on any atom is 0.261 e. The molecule has 0 unspecified atom stereocenters. The number of ether oxygens (including phenoxy) is 1. The quantitative estimate of drug-likeness (QED) is 0.682. The highest BCUT2D eigenvalue weighted by atomic mass is 32.2. The summed E-state index contributed by atoms with van der Waals surface area (Å²) in [6, 6.07) is 10.5. The number of sulfonamides is 1. The molecule has 0 aliphatic carbocycles. The number of hydrogen-bond acceptors (Lipinski definition) is 5. The third kappa shape index (κ3) is 5.16. The third-order valence-corrected chi connectivity index (χ3v) is 6.30. The van der Waals surface area contributed by atoms with E-state index in [9.17, 15) is 18.0 Å². The number of methoxy groups -OCH3 is 1. The molecule has 1 aliphatic heterocycles. The van der Waals surface area contributed by atoms with Crippen LogP contribution in [0.1, 0.15) is 47.4 Å². The lowest BCUT2D eigenvalue weighted by Crippen LogP contribution is -2.30. The normalized spacial score (nSPS) is 13.9. The second-order valence-corrected chi connectivity index (χ2v) is 9.32. The van der Waals surface area contributed by atoms with Crippen LogP contribution in [0.3, 0.4) is 0 Å². The number of nitrogens with one attached hydrogen (secondary N) is 2. The van der Waals surface area contributed by atoms with Gasteiger partial charge in [0.1, 0.15) is 5.75 Å². The van der Waals surface area contributed by atoms with Crippen LogP contribution >= 0.6 is 0 Å². The first-order valence-electron chi connectivity index (χ1n) is 10.1.